The summed E-state index contributed by atoms with van der Waals surface area (Å²) in [6, 6.07) is 22.3. The molecule has 3 heterocycles. The van der Waals surface area contributed by atoms with Crippen LogP contribution in [0.25, 0.3) is 22.2 Å². The molecule has 168 valence electrons. The van der Waals surface area contributed by atoms with E-state index in [0.29, 0.717) is 13.2 Å². The fraction of sp³-hybridized carbons (Fsp3) is 0.103. The van der Waals surface area contributed by atoms with Gasteiger partial charge in [0, 0.05) is 27.4 Å². The minimum Gasteiger partial charge on any atom is -0.496 e. The van der Waals surface area contributed by atoms with Gasteiger partial charge in [0.05, 0.1) is 25.1 Å². The lowest BCUT2D eigenvalue weighted by molar-refractivity contribution is 0.299. The van der Waals surface area contributed by atoms with Crippen molar-refractivity contribution in [2.75, 3.05) is 13.7 Å². The van der Waals surface area contributed by atoms with Crippen LogP contribution in [-0.2, 0) is 6.61 Å². The van der Waals surface area contributed by atoms with Gasteiger partial charge in [-0.25, -0.2) is 0 Å². The fourth-order valence-corrected chi connectivity index (χ4v) is 4.64. The second-order valence-electron chi connectivity index (χ2n) is 7.83. The van der Waals surface area contributed by atoms with Crippen molar-refractivity contribution >= 4 is 39.3 Å². The van der Waals surface area contributed by atoms with Crippen LogP contribution in [0.15, 0.2) is 102 Å². The predicted octanol–water partition coefficient (Wildman–Crippen LogP) is 6.99. The number of fused-ring (bicyclic) bond motifs is 1. The summed E-state index contributed by atoms with van der Waals surface area (Å²) in [4.78, 5) is 10.2. The van der Waals surface area contributed by atoms with Crippen LogP contribution in [0.5, 0.6) is 11.5 Å². The van der Waals surface area contributed by atoms with Crippen molar-refractivity contribution in [1.82, 2.24) is 4.98 Å². The van der Waals surface area contributed by atoms with E-state index in [1.165, 1.54) is 20.5 Å². The molecule has 0 fully saturated rings. The van der Waals surface area contributed by atoms with Crippen LogP contribution in [0.4, 0.5) is 0 Å². The lowest BCUT2D eigenvalue weighted by atomic mass is 10.1. The number of methoxy groups -OCH3 is 1. The zero-order valence-electron chi connectivity index (χ0n) is 18.8. The number of pyridine rings is 1. The van der Waals surface area contributed by atoms with E-state index in [0.717, 1.165) is 28.5 Å². The summed E-state index contributed by atoms with van der Waals surface area (Å²) in [5.41, 5.74) is 4.00. The third-order valence-corrected chi connectivity index (χ3v) is 6.52. The van der Waals surface area contributed by atoms with E-state index < -0.39 is 0 Å². The lowest BCUT2D eigenvalue weighted by Gasteiger charge is -2.09. The maximum absolute atomic E-state index is 5.86. The van der Waals surface area contributed by atoms with Gasteiger partial charge < -0.3 is 9.47 Å². The molecular formula is C29H24N2O2S. The first kappa shape index (κ1) is 21.9. The van der Waals surface area contributed by atoms with Gasteiger partial charge in [0.1, 0.15) is 18.1 Å². The Morgan fingerprint density at radius 2 is 1.85 bits per heavy atom. The summed E-state index contributed by atoms with van der Waals surface area (Å²) in [5, 5.41) is 1.29. The summed E-state index contributed by atoms with van der Waals surface area (Å²) in [7, 11) is 1.67. The summed E-state index contributed by atoms with van der Waals surface area (Å²) >= 11 is 1.80. The van der Waals surface area contributed by atoms with Gasteiger partial charge in [-0.05, 0) is 71.7 Å². The zero-order valence-corrected chi connectivity index (χ0v) is 19.7. The monoisotopic (exact) mass is 464 g/mol. The van der Waals surface area contributed by atoms with Gasteiger partial charge in [0.25, 0.3) is 0 Å². The van der Waals surface area contributed by atoms with E-state index in [1.54, 1.807) is 24.6 Å². The highest BCUT2D eigenvalue weighted by atomic mass is 32.1. The minimum atomic E-state index is 0.415. The van der Waals surface area contributed by atoms with Crippen LogP contribution in [0.3, 0.4) is 0 Å². The maximum Gasteiger partial charge on any atom is 0.130 e. The molecule has 1 aliphatic heterocycles. The highest BCUT2D eigenvalue weighted by Gasteiger charge is 2.07. The quantitative estimate of drug-likeness (QED) is 0.282. The molecule has 2 aromatic heterocycles. The number of aliphatic imine (C=N–C) groups is 1. The van der Waals surface area contributed by atoms with E-state index in [4.69, 9.17) is 9.47 Å². The van der Waals surface area contributed by atoms with Crippen molar-refractivity contribution in [3.8, 4) is 11.5 Å². The third-order valence-electron chi connectivity index (χ3n) is 5.44. The van der Waals surface area contributed by atoms with Crippen LogP contribution in [-0.4, -0.2) is 24.4 Å². The van der Waals surface area contributed by atoms with E-state index in [9.17, 15) is 0 Å². The van der Waals surface area contributed by atoms with Crippen molar-refractivity contribution in [1.29, 1.82) is 0 Å². The number of thiophene rings is 1. The molecule has 0 N–H and O–H groups in total. The van der Waals surface area contributed by atoms with E-state index in [2.05, 4.69) is 58.5 Å². The molecule has 0 unspecified atom stereocenters. The van der Waals surface area contributed by atoms with Crippen LogP contribution < -0.4 is 9.47 Å². The Kier molecular flexibility index (Phi) is 6.64. The summed E-state index contributed by atoms with van der Waals surface area (Å²) in [5.74, 6) is 1.49. The Morgan fingerprint density at radius 3 is 2.71 bits per heavy atom. The normalized spacial score (nSPS) is 13.6. The first-order chi connectivity index (χ1) is 16.8. The molecule has 1 aliphatic rings. The zero-order chi connectivity index (χ0) is 23.2. The highest BCUT2D eigenvalue weighted by Crippen LogP contribution is 2.28. The SMILES string of the molecule is COc1cc(OCc2ccccn2)ccc1/C=C/C1=NCC(/C=C/c2cc3ccccc3s2)=C1. The number of allylic oxidation sites excluding steroid dienone is 2. The summed E-state index contributed by atoms with van der Waals surface area (Å²) in [6.07, 6.45) is 12.3. The van der Waals surface area contributed by atoms with Gasteiger partial charge in [0.15, 0.2) is 0 Å². The molecule has 0 aliphatic carbocycles. The van der Waals surface area contributed by atoms with Crippen LogP contribution in [0.1, 0.15) is 16.1 Å². The summed E-state index contributed by atoms with van der Waals surface area (Å²) in [6.45, 7) is 1.11. The Morgan fingerprint density at radius 1 is 0.941 bits per heavy atom. The van der Waals surface area contributed by atoms with Crippen LogP contribution in [0.2, 0.25) is 0 Å². The molecule has 0 radical (unpaired) electrons. The van der Waals surface area contributed by atoms with Crippen molar-refractivity contribution < 1.29 is 9.47 Å². The topological polar surface area (TPSA) is 43.7 Å². The maximum atomic E-state index is 5.86. The molecule has 0 atom stereocenters. The van der Waals surface area contributed by atoms with Gasteiger partial charge in [-0.1, -0.05) is 30.3 Å². The molecule has 34 heavy (non-hydrogen) atoms. The van der Waals surface area contributed by atoms with Gasteiger partial charge in [0.2, 0.25) is 0 Å². The molecule has 4 nitrogen and oxygen atoms in total. The molecular weight excluding hydrogens is 440 g/mol. The molecule has 5 heteroatoms. The Hall–Kier alpha value is -3.96. The first-order valence-corrected chi connectivity index (χ1v) is 11.9. The fourth-order valence-electron chi connectivity index (χ4n) is 3.67. The van der Waals surface area contributed by atoms with Crippen LogP contribution in [0, 0.1) is 0 Å². The number of nitrogens with zero attached hydrogens (tertiary/aromatic N) is 2. The van der Waals surface area contributed by atoms with Gasteiger partial charge >= 0.3 is 0 Å². The van der Waals surface area contributed by atoms with Gasteiger partial charge in [-0.3, -0.25) is 9.98 Å². The first-order valence-electron chi connectivity index (χ1n) is 11.1. The average molecular weight is 465 g/mol. The average Bonchev–Trinajstić information content (AvgIpc) is 3.52. The molecule has 0 saturated carbocycles. The van der Waals surface area contributed by atoms with Gasteiger partial charge in [-0.15, -0.1) is 11.3 Å². The van der Waals surface area contributed by atoms with E-state index in [-0.39, 0.29) is 0 Å². The number of aromatic nitrogens is 1. The second kappa shape index (κ2) is 10.3. The molecule has 5 rings (SSSR count). The molecule has 4 aromatic rings. The van der Waals surface area contributed by atoms with Crippen molar-refractivity contribution in [2.45, 2.75) is 6.61 Å². The van der Waals surface area contributed by atoms with Crippen LogP contribution >= 0.6 is 11.3 Å². The molecule has 2 aromatic carbocycles. The number of hydrogen-bond donors (Lipinski definition) is 0. The molecule has 0 bridgehead atoms. The van der Waals surface area contributed by atoms with Crippen molar-refractivity contribution in [2.24, 2.45) is 4.99 Å². The number of benzene rings is 2. The highest BCUT2D eigenvalue weighted by molar-refractivity contribution is 7.19. The Balaban J connectivity index is 1.22. The summed E-state index contributed by atoms with van der Waals surface area (Å²) < 4.78 is 12.7. The van der Waals surface area contributed by atoms with Crippen molar-refractivity contribution in [3.05, 3.63) is 113 Å². The molecule has 0 spiro atoms. The van der Waals surface area contributed by atoms with E-state index in [1.807, 2.05) is 48.6 Å². The predicted molar refractivity (Wildman–Crippen MR) is 142 cm³/mol. The lowest BCUT2D eigenvalue weighted by Crippen LogP contribution is -1.98. The smallest absolute Gasteiger partial charge is 0.130 e. The standard InChI is InChI=1S/C29H24N2O2S/c1-32-28-18-26(33-20-25-7-4-5-15-30-25)13-11-22(28)10-12-24-16-21(19-31-24)9-14-27-17-23-6-2-3-8-29(23)34-27/h2-18H,19-20H2,1H3/b12-10+,14-9+. The Bertz CT molecular complexity index is 1380. The number of ether oxygens (including phenoxy) is 2. The molecule has 0 saturated heterocycles. The third kappa shape index (κ3) is 5.33. The van der Waals surface area contributed by atoms with E-state index >= 15 is 0 Å². The molecule has 0 amide bonds. The number of hydrogen-bond acceptors (Lipinski definition) is 5. The number of rotatable bonds is 8. The van der Waals surface area contributed by atoms with Gasteiger partial charge in [-0.2, -0.15) is 0 Å². The minimum absolute atomic E-state index is 0.415. The largest absolute Gasteiger partial charge is 0.496 e. The second-order valence-corrected chi connectivity index (χ2v) is 8.94. The Labute approximate surface area is 203 Å². The van der Waals surface area contributed by atoms with Crippen molar-refractivity contribution in [3.63, 3.8) is 0 Å².